The van der Waals surface area contributed by atoms with Crippen molar-refractivity contribution in [2.24, 2.45) is 0 Å². The maximum Gasteiger partial charge on any atom is 0.0713 e. The zero-order chi connectivity index (χ0) is 13.5. The van der Waals surface area contributed by atoms with Gasteiger partial charge in [0.05, 0.1) is 6.67 Å². The number of fused-ring (bicyclic) bond motifs is 2. The van der Waals surface area contributed by atoms with Crippen molar-refractivity contribution in [3.05, 3.63) is 65.2 Å². The number of hydrogen-bond donors (Lipinski definition) is 0. The fourth-order valence-corrected chi connectivity index (χ4v) is 3.46. The molecule has 102 valence electrons. The molecule has 0 saturated carbocycles. The highest BCUT2D eigenvalue weighted by Crippen LogP contribution is 2.30. The van der Waals surface area contributed by atoms with Crippen molar-refractivity contribution in [1.82, 2.24) is 4.90 Å². The highest BCUT2D eigenvalue weighted by molar-refractivity contribution is 5.49. The lowest BCUT2D eigenvalue weighted by molar-refractivity contribution is 0.233. The van der Waals surface area contributed by atoms with Crippen LogP contribution in [0.5, 0.6) is 0 Å². The Morgan fingerprint density at radius 1 is 0.950 bits per heavy atom. The van der Waals surface area contributed by atoms with E-state index in [2.05, 4.69) is 65.3 Å². The Kier molecular flexibility index (Phi) is 2.78. The summed E-state index contributed by atoms with van der Waals surface area (Å²) in [5.41, 5.74) is 5.74. The Bertz CT molecular complexity index is 585. The SMILES string of the molecule is Cc1ccc(N2C[C@@H]3Cc4ccccc4CN3C2)cc1. The lowest BCUT2D eigenvalue weighted by atomic mass is 9.95. The second-order valence-electron chi connectivity index (χ2n) is 6.07. The van der Waals surface area contributed by atoms with E-state index in [0.29, 0.717) is 6.04 Å². The molecule has 2 heteroatoms. The average molecular weight is 264 g/mol. The third kappa shape index (κ3) is 2.01. The van der Waals surface area contributed by atoms with Crippen LogP contribution >= 0.6 is 0 Å². The predicted octanol–water partition coefficient (Wildman–Crippen LogP) is 3.20. The Balaban J connectivity index is 1.56. The molecule has 1 atom stereocenters. The minimum atomic E-state index is 0.672. The molecule has 0 bridgehead atoms. The topological polar surface area (TPSA) is 6.48 Å². The zero-order valence-corrected chi connectivity index (χ0v) is 11.9. The Morgan fingerprint density at radius 2 is 1.70 bits per heavy atom. The second kappa shape index (κ2) is 4.64. The van der Waals surface area contributed by atoms with Crippen LogP contribution in [0.1, 0.15) is 16.7 Å². The highest BCUT2D eigenvalue weighted by Gasteiger charge is 2.34. The number of aryl methyl sites for hydroxylation is 1. The first-order chi connectivity index (χ1) is 9.79. The molecule has 2 aliphatic heterocycles. The van der Waals surface area contributed by atoms with Crippen LogP contribution in [0.4, 0.5) is 5.69 Å². The standard InChI is InChI=1S/C18H20N2/c1-14-6-8-17(9-7-14)20-12-18-10-15-4-2-3-5-16(15)11-19(18)13-20/h2-9,18H,10-13H2,1H3/t18-/m0/s1. The van der Waals surface area contributed by atoms with E-state index in [1.807, 2.05) is 0 Å². The van der Waals surface area contributed by atoms with Crippen LogP contribution in [0.25, 0.3) is 0 Å². The fraction of sp³-hybridized carbons (Fsp3) is 0.333. The van der Waals surface area contributed by atoms with E-state index in [4.69, 9.17) is 0 Å². The van der Waals surface area contributed by atoms with E-state index < -0.39 is 0 Å². The largest absolute Gasteiger partial charge is 0.357 e. The molecule has 0 unspecified atom stereocenters. The smallest absolute Gasteiger partial charge is 0.0713 e. The first-order valence-electron chi connectivity index (χ1n) is 7.42. The van der Waals surface area contributed by atoms with Crippen LogP contribution in [0.2, 0.25) is 0 Å². The molecule has 2 nitrogen and oxygen atoms in total. The molecule has 0 aliphatic carbocycles. The first kappa shape index (κ1) is 12.0. The molecule has 0 amide bonds. The third-order valence-electron chi connectivity index (χ3n) is 4.65. The molecule has 2 heterocycles. The Morgan fingerprint density at radius 3 is 2.50 bits per heavy atom. The highest BCUT2D eigenvalue weighted by atomic mass is 15.4. The van der Waals surface area contributed by atoms with E-state index in [1.165, 1.54) is 23.2 Å². The summed E-state index contributed by atoms with van der Waals surface area (Å²) in [5.74, 6) is 0. The van der Waals surface area contributed by atoms with E-state index in [-0.39, 0.29) is 0 Å². The summed E-state index contributed by atoms with van der Waals surface area (Å²) in [7, 11) is 0. The van der Waals surface area contributed by atoms with Gasteiger partial charge in [0.25, 0.3) is 0 Å². The maximum absolute atomic E-state index is 2.61. The van der Waals surface area contributed by atoms with Crippen LogP contribution in [0.3, 0.4) is 0 Å². The van der Waals surface area contributed by atoms with E-state index in [1.54, 1.807) is 5.56 Å². The van der Waals surface area contributed by atoms with Crippen molar-refractivity contribution < 1.29 is 0 Å². The van der Waals surface area contributed by atoms with Crippen LogP contribution in [0, 0.1) is 6.92 Å². The van der Waals surface area contributed by atoms with Gasteiger partial charge in [-0.15, -0.1) is 0 Å². The van der Waals surface area contributed by atoms with Gasteiger partial charge < -0.3 is 4.90 Å². The Labute approximate surface area is 120 Å². The molecule has 4 rings (SSSR count). The van der Waals surface area contributed by atoms with Gasteiger partial charge in [-0.2, -0.15) is 0 Å². The van der Waals surface area contributed by atoms with E-state index in [9.17, 15) is 0 Å². The quantitative estimate of drug-likeness (QED) is 0.780. The van der Waals surface area contributed by atoms with Crippen molar-refractivity contribution in [3.63, 3.8) is 0 Å². The lowest BCUT2D eigenvalue weighted by Crippen LogP contribution is -2.36. The molecule has 0 N–H and O–H groups in total. The summed E-state index contributed by atoms with van der Waals surface area (Å²) in [6.07, 6.45) is 1.19. The normalized spacial score (nSPS) is 21.6. The molecule has 2 aliphatic rings. The third-order valence-corrected chi connectivity index (χ3v) is 4.65. The van der Waals surface area contributed by atoms with Gasteiger partial charge in [-0.1, -0.05) is 42.0 Å². The van der Waals surface area contributed by atoms with Crippen LogP contribution < -0.4 is 4.90 Å². The van der Waals surface area contributed by atoms with Gasteiger partial charge in [0.1, 0.15) is 0 Å². The number of nitrogens with zero attached hydrogens (tertiary/aromatic N) is 2. The lowest BCUT2D eigenvalue weighted by Gasteiger charge is -2.29. The average Bonchev–Trinajstić information content (AvgIpc) is 2.88. The molecule has 0 aromatic heterocycles. The van der Waals surface area contributed by atoms with Gasteiger partial charge in [-0.25, -0.2) is 0 Å². The van der Waals surface area contributed by atoms with Crippen molar-refractivity contribution in [2.75, 3.05) is 18.1 Å². The van der Waals surface area contributed by atoms with Gasteiger partial charge in [0.2, 0.25) is 0 Å². The molecule has 0 radical (unpaired) electrons. The number of rotatable bonds is 1. The number of benzene rings is 2. The molecule has 2 aromatic rings. The molecule has 1 fully saturated rings. The summed E-state index contributed by atoms with van der Waals surface area (Å²) in [6, 6.07) is 18.5. The predicted molar refractivity (Wildman–Crippen MR) is 82.9 cm³/mol. The Hall–Kier alpha value is -1.80. The molecule has 2 aromatic carbocycles. The van der Waals surface area contributed by atoms with Crippen LogP contribution in [0.15, 0.2) is 48.5 Å². The summed E-state index contributed by atoms with van der Waals surface area (Å²) >= 11 is 0. The molecular formula is C18H20N2. The molecule has 20 heavy (non-hydrogen) atoms. The van der Waals surface area contributed by atoms with Crippen LogP contribution in [-0.4, -0.2) is 24.2 Å². The fourth-order valence-electron chi connectivity index (χ4n) is 3.46. The zero-order valence-electron chi connectivity index (χ0n) is 11.9. The minimum Gasteiger partial charge on any atom is -0.357 e. The van der Waals surface area contributed by atoms with E-state index >= 15 is 0 Å². The second-order valence-corrected chi connectivity index (χ2v) is 6.07. The summed E-state index contributed by atoms with van der Waals surface area (Å²) in [4.78, 5) is 5.12. The van der Waals surface area contributed by atoms with Gasteiger partial charge in [-0.05, 0) is 36.6 Å². The van der Waals surface area contributed by atoms with Gasteiger partial charge in [0, 0.05) is 24.8 Å². The monoisotopic (exact) mass is 264 g/mol. The first-order valence-corrected chi connectivity index (χ1v) is 7.42. The summed E-state index contributed by atoms with van der Waals surface area (Å²) in [6.45, 7) is 5.45. The van der Waals surface area contributed by atoms with Crippen molar-refractivity contribution in [2.45, 2.75) is 25.9 Å². The molecular weight excluding hydrogens is 244 g/mol. The molecule has 0 spiro atoms. The summed E-state index contributed by atoms with van der Waals surface area (Å²) in [5, 5.41) is 0. The molecule has 1 saturated heterocycles. The van der Waals surface area contributed by atoms with E-state index in [0.717, 1.165) is 19.8 Å². The van der Waals surface area contributed by atoms with Crippen molar-refractivity contribution in [3.8, 4) is 0 Å². The van der Waals surface area contributed by atoms with Crippen molar-refractivity contribution >= 4 is 5.69 Å². The number of hydrogen-bond acceptors (Lipinski definition) is 2. The summed E-state index contributed by atoms with van der Waals surface area (Å²) < 4.78 is 0. The van der Waals surface area contributed by atoms with Gasteiger partial charge in [-0.3, -0.25) is 4.90 Å². The maximum atomic E-state index is 2.61. The van der Waals surface area contributed by atoms with Gasteiger partial charge in [0.15, 0.2) is 0 Å². The van der Waals surface area contributed by atoms with Crippen LogP contribution in [-0.2, 0) is 13.0 Å². The number of anilines is 1. The minimum absolute atomic E-state index is 0.672. The van der Waals surface area contributed by atoms with Gasteiger partial charge >= 0.3 is 0 Å². The van der Waals surface area contributed by atoms with Crippen molar-refractivity contribution in [1.29, 1.82) is 0 Å².